The maximum atomic E-state index is 14.0. The van der Waals surface area contributed by atoms with Gasteiger partial charge in [0.2, 0.25) is 11.8 Å². The number of halogens is 2. The summed E-state index contributed by atoms with van der Waals surface area (Å²) >= 11 is 6.89. The van der Waals surface area contributed by atoms with Gasteiger partial charge in [-0.3, -0.25) is 13.9 Å². The molecule has 1 N–H and O–H groups in total. The zero-order valence-electron chi connectivity index (χ0n) is 22.3. The molecular formula is C30H33Br2N3O4S. The van der Waals surface area contributed by atoms with E-state index in [1.807, 2.05) is 24.3 Å². The molecule has 4 rings (SSSR count). The van der Waals surface area contributed by atoms with Crippen molar-refractivity contribution < 1.29 is 18.0 Å². The van der Waals surface area contributed by atoms with E-state index in [9.17, 15) is 18.0 Å². The van der Waals surface area contributed by atoms with Crippen molar-refractivity contribution in [3.8, 4) is 0 Å². The lowest BCUT2D eigenvalue weighted by molar-refractivity contribution is -0.139. The van der Waals surface area contributed by atoms with Crippen LogP contribution in [0.5, 0.6) is 0 Å². The first kappa shape index (κ1) is 30.3. The summed E-state index contributed by atoms with van der Waals surface area (Å²) in [6.07, 6.45) is 5.14. The average molecular weight is 691 g/mol. The molecule has 2 amide bonds. The Morgan fingerprint density at radius 1 is 0.900 bits per heavy atom. The van der Waals surface area contributed by atoms with Crippen molar-refractivity contribution in [1.82, 2.24) is 10.2 Å². The van der Waals surface area contributed by atoms with E-state index in [0.29, 0.717) is 10.2 Å². The minimum atomic E-state index is -4.09. The molecule has 0 heterocycles. The van der Waals surface area contributed by atoms with Gasteiger partial charge in [0.1, 0.15) is 12.6 Å². The van der Waals surface area contributed by atoms with Crippen LogP contribution in [0.15, 0.2) is 92.7 Å². The lowest BCUT2D eigenvalue weighted by Gasteiger charge is -2.33. The molecule has 0 unspecified atom stereocenters. The number of hydrogen-bond donors (Lipinski definition) is 1. The summed E-state index contributed by atoms with van der Waals surface area (Å²) in [6.45, 7) is 1.38. The highest BCUT2D eigenvalue weighted by atomic mass is 79.9. The number of rotatable bonds is 10. The van der Waals surface area contributed by atoms with Crippen molar-refractivity contribution in [3.05, 3.63) is 93.4 Å². The molecule has 1 aliphatic rings. The molecule has 1 fully saturated rings. The molecule has 1 saturated carbocycles. The lowest BCUT2D eigenvalue weighted by atomic mass is 9.95. The molecule has 10 heteroatoms. The molecule has 1 aliphatic carbocycles. The van der Waals surface area contributed by atoms with Crippen LogP contribution in [0.25, 0.3) is 0 Å². The SMILES string of the molecule is C[C@@H](C(=O)NC1CCCCC1)N(Cc1cccc(Br)c1)C(=O)CN(c1cccc(Br)c1)S(=O)(=O)c1ccccc1. The maximum absolute atomic E-state index is 14.0. The first-order chi connectivity index (χ1) is 19.1. The molecule has 3 aromatic rings. The van der Waals surface area contributed by atoms with E-state index in [4.69, 9.17) is 0 Å². The molecular weight excluding hydrogens is 658 g/mol. The summed E-state index contributed by atoms with van der Waals surface area (Å²) in [5.74, 6) is -0.721. The molecule has 0 bridgehead atoms. The van der Waals surface area contributed by atoms with E-state index in [1.54, 1.807) is 49.4 Å². The Morgan fingerprint density at radius 3 is 2.20 bits per heavy atom. The smallest absolute Gasteiger partial charge is 0.264 e. The number of hydrogen-bond acceptors (Lipinski definition) is 4. The first-order valence-electron chi connectivity index (χ1n) is 13.3. The Balaban J connectivity index is 1.67. The standard InChI is InChI=1S/C30H33Br2N3O4S/c1-22(30(37)33-26-13-4-2-5-14-26)34(20-23-10-8-11-24(31)18-23)29(36)21-35(27-15-9-12-25(32)19-27)40(38,39)28-16-6-3-7-17-28/h3,6-12,15-19,22,26H,2,4-5,13-14,20-21H2,1H3,(H,33,37)/t22-/m0/s1. The Bertz CT molecular complexity index is 1430. The van der Waals surface area contributed by atoms with Crippen LogP contribution >= 0.6 is 31.9 Å². The van der Waals surface area contributed by atoms with Crippen LogP contribution in [0.1, 0.15) is 44.6 Å². The number of anilines is 1. The highest BCUT2D eigenvalue weighted by Crippen LogP contribution is 2.27. The van der Waals surface area contributed by atoms with Gasteiger partial charge < -0.3 is 10.2 Å². The van der Waals surface area contributed by atoms with Crippen LogP contribution in [-0.4, -0.2) is 43.8 Å². The summed E-state index contributed by atoms with van der Waals surface area (Å²) in [5.41, 5.74) is 1.16. The number of carbonyl (C=O) groups excluding carboxylic acids is 2. The maximum Gasteiger partial charge on any atom is 0.264 e. The third-order valence-corrected chi connectivity index (χ3v) is 9.84. The molecule has 40 heavy (non-hydrogen) atoms. The van der Waals surface area contributed by atoms with Gasteiger partial charge in [0, 0.05) is 21.5 Å². The Kier molecular flexibility index (Phi) is 10.4. The summed E-state index contributed by atoms with van der Waals surface area (Å²) in [4.78, 5) is 29.0. The number of sulfonamides is 1. The molecule has 3 aromatic carbocycles. The summed E-state index contributed by atoms with van der Waals surface area (Å²) in [7, 11) is -4.09. The van der Waals surface area contributed by atoms with Crippen molar-refractivity contribution >= 4 is 59.4 Å². The lowest BCUT2D eigenvalue weighted by Crippen LogP contribution is -2.53. The second-order valence-corrected chi connectivity index (χ2v) is 13.7. The van der Waals surface area contributed by atoms with Gasteiger partial charge in [-0.2, -0.15) is 0 Å². The fraction of sp³-hybridized carbons (Fsp3) is 0.333. The Hall–Kier alpha value is -2.69. The van der Waals surface area contributed by atoms with Crippen LogP contribution in [0.3, 0.4) is 0 Å². The van der Waals surface area contributed by atoms with Crippen LogP contribution < -0.4 is 9.62 Å². The Morgan fingerprint density at radius 2 is 1.55 bits per heavy atom. The molecule has 7 nitrogen and oxygen atoms in total. The van der Waals surface area contributed by atoms with E-state index >= 15 is 0 Å². The van der Waals surface area contributed by atoms with Gasteiger partial charge in [0.15, 0.2) is 0 Å². The topological polar surface area (TPSA) is 86.8 Å². The highest BCUT2D eigenvalue weighted by Gasteiger charge is 2.33. The summed E-state index contributed by atoms with van der Waals surface area (Å²) in [5, 5.41) is 3.12. The zero-order chi connectivity index (χ0) is 28.7. The van der Waals surface area contributed by atoms with Crippen molar-refractivity contribution in [2.45, 2.75) is 62.6 Å². The van der Waals surface area contributed by atoms with E-state index in [1.165, 1.54) is 17.0 Å². The molecule has 0 saturated heterocycles. The minimum Gasteiger partial charge on any atom is -0.352 e. The van der Waals surface area contributed by atoms with Gasteiger partial charge in [0.05, 0.1) is 10.6 Å². The third-order valence-electron chi connectivity index (χ3n) is 7.07. The predicted molar refractivity (Wildman–Crippen MR) is 164 cm³/mol. The third kappa shape index (κ3) is 7.73. The summed E-state index contributed by atoms with van der Waals surface area (Å²) in [6, 6.07) is 21.6. The predicted octanol–water partition coefficient (Wildman–Crippen LogP) is 6.27. The van der Waals surface area contributed by atoms with E-state index in [0.717, 1.165) is 46.4 Å². The van der Waals surface area contributed by atoms with Gasteiger partial charge in [-0.25, -0.2) is 8.42 Å². The van der Waals surface area contributed by atoms with Crippen LogP contribution in [-0.2, 0) is 26.2 Å². The molecule has 0 aromatic heterocycles. The summed E-state index contributed by atoms with van der Waals surface area (Å²) < 4.78 is 30.3. The van der Waals surface area contributed by atoms with Gasteiger partial charge in [-0.1, -0.05) is 87.5 Å². The second-order valence-electron chi connectivity index (χ2n) is 9.98. The Labute approximate surface area is 253 Å². The van der Waals surface area contributed by atoms with E-state index < -0.39 is 28.5 Å². The molecule has 1 atom stereocenters. The monoisotopic (exact) mass is 689 g/mol. The van der Waals surface area contributed by atoms with Crippen molar-refractivity contribution in [2.24, 2.45) is 0 Å². The number of benzene rings is 3. The van der Waals surface area contributed by atoms with Crippen LogP contribution in [0, 0.1) is 0 Å². The second kappa shape index (κ2) is 13.8. The van der Waals surface area contributed by atoms with Gasteiger partial charge in [0.25, 0.3) is 10.0 Å². The molecule has 0 aliphatic heterocycles. The van der Waals surface area contributed by atoms with E-state index in [2.05, 4.69) is 37.2 Å². The van der Waals surface area contributed by atoms with E-state index in [-0.39, 0.29) is 23.4 Å². The molecule has 0 spiro atoms. The van der Waals surface area contributed by atoms with Crippen LogP contribution in [0.2, 0.25) is 0 Å². The van der Waals surface area contributed by atoms with Crippen molar-refractivity contribution in [2.75, 3.05) is 10.8 Å². The first-order valence-corrected chi connectivity index (χ1v) is 16.4. The number of nitrogens with one attached hydrogen (secondary N) is 1. The largest absolute Gasteiger partial charge is 0.352 e. The number of amides is 2. The number of nitrogens with zero attached hydrogens (tertiary/aromatic N) is 2. The van der Waals surface area contributed by atoms with Crippen molar-refractivity contribution in [3.63, 3.8) is 0 Å². The van der Waals surface area contributed by atoms with Crippen LogP contribution in [0.4, 0.5) is 5.69 Å². The van der Waals surface area contributed by atoms with Gasteiger partial charge in [-0.15, -0.1) is 0 Å². The zero-order valence-corrected chi connectivity index (χ0v) is 26.3. The molecule has 212 valence electrons. The average Bonchev–Trinajstić information content (AvgIpc) is 2.95. The fourth-order valence-corrected chi connectivity index (χ4v) is 7.12. The van der Waals surface area contributed by atoms with Gasteiger partial charge >= 0.3 is 0 Å². The number of carbonyl (C=O) groups is 2. The van der Waals surface area contributed by atoms with Gasteiger partial charge in [-0.05, 0) is 67.8 Å². The minimum absolute atomic E-state index is 0.0735. The fourth-order valence-electron chi connectivity index (χ4n) is 4.86. The normalized spacial score (nSPS) is 14.8. The molecule has 0 radical (unpaired) electrons. The quantitative estimate of drug-likeness (QED) is 0.272. The van der Waals surface area contributed by atoms with Crippen molar-refractivity contribution in [1.29, 1.82) is 0 Å². The highest BCUT2D eigenvalue weighted by molar-refractivity contribution is 9.10.